The Morgan fingerprint density at radius 3 is 2.40 bits per heavy atom. The van der Waals surface area contributed by atoms with Gasteiger partial charge in [-0.25, -0.2) is 4.79 Å². The number of hydrogen-bond acceptors (Lipinski definition) is 3. The maximum absolute atomic E-state index is 12.6. The number of carbonyl (C=O) groups is 1. The van der Waals surface area contributed by atoms with Crippen molar-refractivity contribution in [3.05, 3.63) is 65.7 Å². The second-order valence-corrected chi connectivity index (χ2v) is 9.13. The molecule has 0 spiro atoms. The summed E-state index contributed by atoms with van der Waals surface area (Å²) in [4.78, 5) is 12.6. The van der Waals surface area contributed by atoms with Gasteiger partial charge in [0.25, 0.3) is 0 Å². The highest BCUT2D eigenvalue weighted by molar-refractivity contribution is 5.89. The fourth-order valence-corrected chi connectivity index (χ4v) is 5.37. The lowest BCUT2D eigenvalue weighted by Crippen LogP contribution is -2.35. The maximum atomic E-state index is 12.6. The smallest absolute Gasteiger partial charge is 0.338 e. The Kier molecular flexibility index (Phi) is 7.09. The molecule has 2 aromatic carbocycles. The first-order chi connectivity index (χ1) is 14.7. The SMILES string of the molecule is CCC[C@@H]1CC[C@H]2C[C@H](OC(=O)c3ccc(OCc4ccccc4)cc3)CC[C@@H]2C1. The molecule has 2 fully saturated rings. The molecule has 4 rings (SSSR count). The highest BCUT2D eigenvalue weighted by Gasteiger charge is 2.36. The van der Waals surface area contributed by atoms with Gasteiger partial charge in [0.15, 0.2) is 0 Å². The first-order valence-electron chi connectivity index (χ1n) is 11.7. The molecule has 0 aromatic heterocycles. The van der Waals surface area contributed by atoms with Crippen LogP contribution in [0.5, 0.6) is 5.75 Å². The number of benzene rings is 2. The molecule has 0 saturated heterocycles. The Morgan fingerprint density at radius 1 is 0.900 bits per heavy atom. The zero-order chi connectivity index (χ0) is 20.8. The topological polar surface area (TPSA) is 35.5 Å². The highest BCUT2D eigenvalue weighted by atomic mass is 16.5. The summed E-state index contributed by atoms with van der Waals surface area (Å²) < 4.78 is 11.7. The summed E-state index contributed by atoms with van der Waals surface area (Å²) in [6, 6.07) is 17.4. The van der Waals surface area contributed by atoms with Gasteiger partial charge in [-0.1, -0.05) is 56.5 Å². The predicted octanol–water partition coefficient (Wildman–Crippen LogP) is 6.81. The van der Waals surface area contributed by atoms with Gasteiger partial charge in [0.1, 0.15) is 18.5 Å². The van der Waals surface area contributed by atoms with Crippen LogP contribution in [0.15, 0.2) is 54.6 Å². The van der Waals surface area contributed by atoms with Crippen LogP contribution in [-0.2, 0) is 11.3 Å². The standard InChI is InChI=1S/C27H34O3/c1-2-6-20-9-10-24-18-26(16-13-23(24)17-20)30-27(28)22-11-14-25(15-12-22)29-19-21-7-4-3-5-8-21/h3-5,7-8,11-12,14-15,20,23-24,26H,2,6,9-10,13,16-19H2,1H3/t20-,23-,24+,26-/m1/s1. The molecule has 3 nitrogen and oxygen atoms in total. The molecule has 4 atom stereocenters. The molecule has 2 aliphatic carbocycles. The largest absolute Gasteiger partial charge is 0.489 e. The van der Waals surface area contributed by atoms with E-state index >= 15 is 0 Å². The fourth-order valence-electron chi connectivity index (χ4n) is 5.37. The maximum Gasteiger partial charge on any atom is 0.338 e. The third kappa shape index (κ3) is 5.44. The molecule has 0 radical (unpaired) electrons. The highest BCUT2D eigenvalue weighted by Crippen LogP contribution is 2.44. The number of esters is 1. The second kappa shape index (κ2) is 10.1. The summed E-state index contributed by atoms with van der Waals surface area (Å²) in [6.45, 7) is 2.82. The summed E-state index contributed by atoms with van der Waals surface area (Å²) in [5, 5.41) is 0. The quantitative estimate of drug-likeness (QED) is 0.474. The van der Waals surface area contributed by atoms with Crippen molar-refractivity contribution in [1.29, 1.82) is 0 Å². The molecule has 0 heterocycles. The normalized spacial score (nSPS) is 25.9. The van der Waals surface area contributed by atoms with Crippen molar-refractivity contribution >= 4 is 5.97 Å². The molecule has 0 aliphatic heterocycles. The van der Waals surface area contributed by atoms with Gasteiger partial charge in [-0.05, 0) is 79.7 Å². The van der Waals surface area contributed by atoms with Crippen molar-refractivity contribution < 1.29 is 14.3 Å². The van der Waals surface area contributed by atoms with Gasteiger partial charge >= 0.3 is 5.97 Å². The second-order valence-electron chi connectivity index (χ2n) is 9.13. The van der Waals surface area contributed by atoms with Gasteiger partial charge in [-0.2, -0.15) is 0 Å². The lowest BCUT2D eigenvalue weighted by Gasteiger charge is -2.41. The molecule has 0 amide bonds. The van der Waals surface area contributed by atoms with Crippen LogP contribution in [0.3, 0.4) is 0 Å². The van der Waals surface area contributed by atoms with Crippen LogP contribution in [0.1, 0.15) is 74.2 Å². The molecule has 0 bridgehead atoms. The molecule has 2 aliphatic rings. The Morgan fingerprint density at radius 2 is 1.63 bits per heavy atom. The van der Waals surface area contributed by atoms with Gasteiger partial charge in [-0.15, -0.1) is 0 Å². The number of rotatable bonds is 7. The lowest BCUT2D eigenvalue weighted by molar-refractivity contribution is -0.00620. The average Bonchev–Trinajstić information content (AvgIpc) is 2.79. The molecule has 0 N–H and O–H groups in total. The lowest BCUT2D eigenvalue weighted by atomic mass is 9.66. The predicted molar refractivity (Wildman–Crippen MR) is 119 cm³/mol. The molecule has 3 heteroatoms. The minimum Gasteiger partial charge on any atom is -0.489 e. The average molecular weight is 407 g/mol. The zero-order valence-electron chi connectivity index (χ0n) is 18.1. The van der Waals surface area contributed by atoms with Gasteiger partial charge in [0.05, 0.1) is 5.56 Å². The Bertz CT molecular complexity index is 799. The van der Waals surface area contributed by atoms with Gasteiger partial charge in [0.2, 0.25) is 0 Å². The van der Waals surface area contributed by atoms with Crippen LogP contribution >= 0.6 is 0 Å². The summed E-state index contributed by atoms with van der Waals surface area (Å²) in [6.07, 6.45) is 10.1. The number of hydrogen-bond donors (Lipinski definition) is 0. The van der Waals surface area contributed by atoms with Crippen LogP contribution in [0, 0.1) is 17.8 Å². The number of fused-ring (bicyclic) bond motifs is 1. The molecular formula is C27H34O3. The fraction of sp³-hybridized carbons (Fsp3) is 0.519. The van der Waals surface area contributed by atoms with Crippen LogP contribution in [0.2, 0.25) is 0 Å². The molecule has 0 unspecified atom stereocenters. The van der Waals surface area contributed by atoms with Crippen molar-refractivity contribution in [3.8, 4) is 5.75 Å². The summed E-state index contributed by atoms with van der Waals surface area (Å²) in [7, 11) is 0. The number of ether oxygens (including phenoxy) is 2. The zero-order valence-corrected chi connectivity index (χ0v) is 18.1. The molecule has 2 aromatic rings. The first kappa shape index (κ1) is 21.0. The van der Waals surface area contributed by atoms with E-state index in [9.17, 15) is 4.79 Å². The third-order valence-electron chi connectivity index (χ3n) is 6.98. The molecule has 30 heavy (non-hydrogen) atoms. The van der Waals surface area contributed by atoms with E-state index in [-0.39, 0.29) is 12.1 Å². The van der Waals surface area contributed by atoms with Crippen LogP contribution in [0.25, 0.3) is 0 Å². The minimum absolute atomic E-state index is 0.0792. The molecule has 160 valence electrons. The van der Waals surface area contributed by atoms with E-state index < -0.39 is 0 Å². The van der Waals surface area contributed by atoms with E-state index in [0.29, 0.717) is 12.2 Å². The van der Waals surface area contributed by atoms with E-state index in [4.69, 9.17) is 9.47 Å². The van der Waals surface area contributed by atoms with E-state index in [1.54, 1.807) is 0 Å². The Hall–Kier alpha value is -2.29. The van der Waals surface area contributed by atoms with Crippen molar-refractivity contribution in [1.82, 2.24) is 0 Å². The summed E-state index contributed by atoms with van der Waals surface area (Å²) in [5.74, 6) is 3.09. The Labute approximate surface area is 180 Å². The van der Waals surface area contributed by atoms with Crippen molar-refractivity contribution in [2.75, 3.05) is 0 Å². The van der Waals surface area contributed by atoms with Crippen molar-refractivity contribution in [3.63, 3.8) is 0 Å². The van der Waals surface area contributed by atoms with Crippen molar-refractivity contribution in [2.45, 2.75) is 71.0 Å². The summed E-state index contributed by atoms with van der Waals surface area (Å²) in [5.41, 5.74) is 1.73. The Balaban J connectivity index is 1.25. The van der Waals surface area contributed by atoms with Crippen molar-refractivity contribution in [2.24, 2.45) is 17.8 Å². The first-order valence-corrected chi connectivity index (χ1v) is 11.7. The van der Waals surface area contributed by atoms with Gasteiger partial charge < -0.3 is 9.47 Å². The van der Waals surface area contributed by atoms with E-state index in [2.05, 4.69) is 6.92 Å². The van der Waals surface area contributed by atoms with E-state index in [1.807, 2.05) is 54.6 Å². The molecular weight excluding hydrogens is 372 g/mol. The monoisotopic (exact) mass is 406 g/mol. The summed E-state index contributed by atoms with van der Waals surface area (Å²) >= 11 is 0. The van der Waals surface area contributed by atoms with Crippen LogP contribution in [-0.4, -0.2) is 12.1 Å². The third-order valence-corrected chi connectivity index (χ3v) is 6.98. The van der Waals surface area contributed by atoms with Gasteiger partial charge in [0, 0.05) is 0 Å². The van der Waals surface area contributed by atoms with E-state index in [1.165, 1.54) is 38.5 Å². The van der Waals surface area contributed by atoms with E-state index in [0.717, 1.165) is 41.9 Å². The van der Waals surface area contributed by atoms with Crippen LogP contribution in [0.4, 0.5) is 0 Å². The van der Waals surface area contributed by atoms with Crippen LogP contribution < -0.4 is 4.74 Å². The number of carbonyl (C=O) groups excluding carboxylic acids is 1. The van der Waals surface area contributed by atoms with Gasteiger partial charge in [-0.3, -0.25) is 0 Å². The molecule has 2 saturated carbocycles. The minimum atomic E-state index is -0.201.